The average Bonchev–Trinajstić information content (AvgIpc) is 3.06. The van der Waals surface area contributed by atoms with Gasteiger partial charge in [0, 0.05) is 10.6 Å². The smallest absolute Gasteiger partial charge is 0.261 e. The summed E-state index contributed by atoms with van der Waals surface area (Å²) in [7, 11) is 0. The van der Waals surface area contributed by atoms with Gasteiger partial charge in [0.1, 0.15) is 6.54 Å². The van der Waals surface area contributed by atoms with Gasteiger partial charge in [-0.25, -0.2) is 4.98 Å². The molecule has 0 fully saturated rings. The highest BCUT2D eigenvalue weighted by Gasteiger charge is 2.13. The van der Waals surface area contributed by atoms with Crippen LogP contribution in [-0.2, 0) is 6.54 Å². The number of halogens is 2. The summed E-state index contributed by atoms with van der Waals surface area (Å²) in [5.74, 6) is 0.654. The number of hydrogen-bond acceptors (Lipinski definition) is 5. The molecular formula is C17H10Cl2N4O2. The fourth-order valence-corrected chi connectivity index (χ4v) is 2.85. The Morgan fingerprint density at radius 3 is 2.80 bits per heavy atom. The second-order valence-corrected chi connectivity index (χ2v) is 6.17. The molecule has 0 bridgehead atoms. The Morgan fingerprint density at radius 1 is 1.12 bits per heavy atom. The van der Waals surface area contributed by atoms with E-state index in [9.17, 15) is 4.79 Å². The van der Waals surface area contributed by atoms with E-state index in [1.165, 1.54) is 10.9 Å². The lowest BCUT2D eigenvalue weighted by atomic mass is 10.2. The van der Waals surface area contributed by atoms with Crippen LogP contribution in [0.1, 0.15) is 5.89 Å². The molecule has 0 radical (unpaired) electrons. The lowest BCUT2D eigenvalue weighted by Gasteiger charge is -2.03. The molecule has 25 heavy (non-hydrogen) atoms. The minimum Gasteiger partial charge on any atom is -0.337 e. The van der Waals surface area contributed by atoms with Crippen molar-refractivity contribution in [2.24, 2.45) is 0 Å². The number of benzene rings is 2. The first kappa shape index (κ1) is 15.8. The predicted octanol–water partition coefficient (Wildman–Crippen LogP) is 3.80. The molecule has 4 rings (SSSR count). The van der Waals surface area contributed by atoms with Crippen molar-refractivity contribution in [3.8, 4) is 11.4 Å². The minimum absolute atomic E-state index is 0.113. The van der Waals surface area contributed by atoms with Crippen molar-refractivity contribution in [3.63, 3.8) is 0 Å². The van der Waals surface area contributed by atoms with Crippen LogP contribution in [0.25, 0.3) is 22.3 Å². The zero-order valence-corrected chi connectivity index (χ0v) is 14.2. The van der Waals surface area contributed by atoms with E-state index in [0.29, 0.717) is 32.3 Å². The molecule has 2 heterocycles. The first-order chi connectivity index (χ1) is 12.1. The van der Waals surface area contributed by atoms with Gasteiger partial charge in [0.2, 0.25) is 11.7 Å². The van der Waals surface area contributed by atoms with Crippen LogP contribution >= 0.6 is 23.2 Å². The number of fused-ring (bicyclic) bond motifs is 1. The van der Waals surface area contributed by atoms with E-state index in [0.717, 1.165) is 0 Å². The summed E-state index contributed by atoms with van der Waals surface area (Å²) in [4.78, 5) is 21.1. The molecule has 0 spiro atoms. The van der Waals surface area contributed by atoms with Gasteiger partial charge in [-0.05, 0) is 30.3 Å². The van der Waals surface area contributed by atoms with Gasteiger partial charge >= 0.3 is 0 Å². The topological polar surface area (TPSA) is 73.8 Å². The summed E-state index contributed by atoms with van der Waals surface area (Å²) in [5.41, 5.74) is 0.994. The molecule has 0 aliphatic rings. The molecule has 0 amide bonds. The van der Waals surface area contributed by atoms with Gasteiger partial charge in [0.05, 0.1) is 22.3 Å². The third-order valence-corrected chi connectivity index (χ3v) is 4.24. The molecule has 0 N–H and O–H groups in total. The van der Waals surface area contributed by atoms with Crippen molar-refractivity contribution in [2.45, 2.75) is 6.54 Å². The van der Waals surface area contributed by atoms with Crippen molar-refractivity contribution in [1.29, 1.82) is 0 Å². The summed E-state index contributed by atoms with van der Waals surface area (Å²) >= 11 is 12.1. The monoisotopic (exact) mass is 372 g/mol. The first-order valence-electron chi connectivity index (χ1n) is 7.34. The maximum atomic E-state index is 12.5. The Bertz CT molecular complexity index is 1140. The molecular weight excluding hydrogens is 363 g/mol. The number of nitrogens with zero attached hydrogens (tertiary/aromatic N) is 4. The molecule has 0 atom stereocenters. The highest BCUT2D eigenvalue weighted by Crippen LogP contribution is 2.25. The molecule has 4 aromatic rings. The third-order valence-electron chi connectivity index (χ3n) is 3.68. The average molecular weight is 373 g/mol. The van der Waals surface area contributed by atoms with E-state index in [2.05, 4.69) is 15.1 Å². The van der Waals surface area contributed by atoms with Crippen molar-refractivity contribution < 1.29 is 4.52 Å². The zero-order chi connectivity index (χ0) is 17.4. The Balaban J connectivity index is 1.68. The second kappa shape index (κ2) is 6.31. The summed E-state index contributed by atoms with van der Waals surface area (Å²) in [6.45, 7) is 0.113. The Morgan fingerprint density at radius 2 is 1.96 bits per heavy atom. The van der Waals surface area contributed by atoms with Crippen LogP contribution < -0.4 is 5.56 Å². The lowest BCUT2D eigenvalue weighted by Crippen LogP contribution is -2.21. The van der Waals surface area contributed by atoms with E-state index in [1.807, 2.05) is 12.1 Å². The molecule has 0 unspecified atom stereocenters. The van der Waals surface area contributed by atoms with Crippen LogP contribution in [0.5, 0.6) is 0 Å². The van der Waals surface area contributed by atoms with Crippen LogP contribution in [0.3, 0.4) is 0 Å². The molecule has 6 nitrogen and oxygen atoms in total. The van der Waals surface area contributed by atoms with Crippen LogP contribution in [0, 0.1) is 0 Å². The van der Waals surface area contributed by atoms with Gasteiger partial charge < -0.3 is 4.52 Å². The Labute approximate surface area is 151 Å². The zero-order valence-electron chi connectivity index (χ0n) is 12.7. The SMILES string of the molecule is O=c1c2ccc(Cl)cc2ncn1Cc1nc(-c2ccccc2Cl)no1. The highest BCUT2D eigenvalue weighted by atomic mass is 35.5. The van der Waals surface area contributed by atoms with E-state index < -0.39 is 0 Å². The maximum Gasteiger partial charge on any atom is 0.261 e. The normalized spacial score (nSPS) is 11.1. The quantitative estimate of drug-likeness (QED) is 0.546. The van der Waals surface area contributed by atoms with E-state index in [1.54, 1.807) is 30.3 Å². The summed E-state index contributed by atoms with van der Waals surface area (Å²) in [5, 5.41) is 5.44. The summed E-state index contributed by atoms with van der Waals surface area (Å²) < 4.78 is 6.64. The molecule has 2 aromatic heterocycles. The van der Waals surface area contributed by atoms with Crippen molar-refractivity contribution >= 4 is 34.1 Å². The lowest BCUT2D eigenvalue weighted by molar-refractivity contribution is 0.369. The summed E-state index contributed by atoms with van der Waals surface area (Å²) in [6.07, 6.45) is 1.43. The second-order valence-electron chi connectivity index (χ2n) is 5.33. The standard InChI is InChI=1S/C17H10Cl2N4O2/c18-10-5-6-12-14(7-10)20-9-23(17(12)24)8-15-21-16(22-25-15)11-3-1-2-4-13(11)19/h1-7,9H,8H2. The first-order valence-corrected chi connectivity index (χ1v) is 8.09. The van der Waals surface area contributed by atoms with Crippen LogP contribution in [-0.4, -0.2) is 19.7 Å². The summed E-state index contributed by atoms with van der Waals surface area (Å²) in [6, 6.07) is 12.1. The molecule has 2 aromatic carbocycles. The molecule has 0 aliphatic heterocycles. The molecule has 8 heteroatoms. The fourth-order valence-electron chi connectivity index (χ4n) is 2.46. The van der Waals surface area contributed by atoms with Gasteiger partial charge in [-0.3, -0.25) is 9.36 Å². The van der Waals surface area contributed by atoms with Gasteiger partial charge in [-0.1, -0.05) is 40.5 Å². The molecule has 0 aliphatic carbocycles. The van der Waals surface area contributed by atoms with Crippen molar-refractivity contribution in [3.05, 3.63) is 75.1 Å². The highest BCUT2D eigenvalue weighted by molar-refractivity contribution is 6.33. The van der Waals surface area contributed by atoms with E-state index >= 15 is 0 Å². The van der Waals surface area contributed by atoms with Gasteiger partial charge in [0.15, 0.2) is 0 Å². The van der Waals surface area contributed by atoms with Crippen LogP contribution in [0.2, 0.25) is 10.0 Å². The van der Waals surface area contributed by atoms with Gasteiger partial charge in [-0.2, -0.15) is 4.98 Å². The number of rotatable bonds is 3. The van der Waals surface area contributed by atoms with Crippen LogP contribution in [0.15, 0.2) is 58.1 Å². The Hall–Kier alpha value is -2.70. The molecule has 0 saturated heterocycles. The molecule has 124 valence electrons. The third kappa shape index (κ3) is 3.01. The predicted molar refractivity (Wildman–Crippen MR) is 94.9 cm³/mol. The molecule has 0 saturated carbocycles. The van der Waals surface area contributed by atoms with E-state index in [4.69, 9.17) is 27.7 Å². The number of aromatic nitrogens is 4. The minimum atomic E-state index is -0.209. The van der Waals surface area contributed by atoms with E-state index in [-0.39, 0.29) is 18.0 Å². The largest absolute Gasteiger partial charge is 0.337 e. The van der Waals surface area contributed by atoms with Gasteiger partial charge in [-0.15, -0.1) is 0 Å². The maximum absolute atomic E-state index is 12.5. The van der Waals surface area contributed by atoms with Gasteiger partial charge in [0.25, 0.3) is 5.56 Å². The number of hydrogen-bond donors (Lipinski definition) is 0. The van der Waals surface area contributed by atoms with Crippen molar-refractivity contribution in [1.82, 2.24) is 19.7 Å². The Kier molecular flexibility index (Phi) is 3.99. The van der Waals surface area contributed by atoms with Crippen molar-refractivity contribution in [2.75, 3.05) is 0 Å². The van der Waals surface area contributed by atoms with Crippen LogP contribution in [0.4, 0.5) is 0 Å². The fraction of sp³-hybridized carbons (Fsp3) is 0.0588.